The van der Waals surface area contributed by atoms with E-state index in [0.29, 0.717) is 5.75 Å². The van der Waals surface area contributed by atoms with Gasteiger partial charge >= 0.3 is 0 Å². The van der Waals surface area contributed by atoms with Gasteiger partial charge in [-0.15, -0.1) is 0 Å². The van der Waals surface area contributed by atoms with Crippen molar-refractivity contribution in [1.29, 1.82) is 0 Å². The second-order valence-electron chi connectivity index (χ2n) is 5.92. The first kappa shape index (κ1) is 19.0. The van der Waals surface area contributed by atoms with Crippen LogP contribution < -0.4 is 15.2 Å². The molecule has 0 fully saturated rings. The molecule has 0 aliphatic carbocycles. The van der Waals surface area contributed by atoms with E-state index in [4.69, 9.17) is 9.88 Å². The molecule has 0 unspecified atom stereocenters. The zero-order chi connectivity index (χ0) is 18.6. The molecule has 0 saturated carbocycles. The van der Waals surface area contributed by atoms with Gasteiger partial charge in [0.15, 0.2) is 6.10 Å². The van der Waals surface area contributed by atoms with Crippen LogP contribution in [0.5, 0.6) is 5.75 Å². The van der Waals surface area contributed by atoms with Crippen molar-refractivity contribution in [1.82, 2.24) is 5.32 Å². The molecule has 0 bridgehead atoms. The smallest absolute Gasteiger partial charge is 0.261 e. The lowest BCUT2D eigenvalue weighted by Crippen LogP contribution is -2.37. The Hall–Kier alpha value is -2.38. The van der Waals surface area contributed by atoms with E-state index in [9.17, 15) is 13.2 Å². The Bertz CT molecular complexity index is 848. The third-order valence-electron chi connectivity index (χ3n) is 3.74. The summed E-state index contributed by atoms with van der Waals surface area (Å²) in [6.07, 6.45) is -0.659. The number of amides is 1. The molecule has 6 nitrogen and oxygen atoms in total. The van der Waals surface area contributed by atoms with Crippen molar-refractivity contribution in [3.63, 3.8) is 0 Å². The van der Waals surface area contributed by atoms with Crippen LogP contribution in [0.15, 0.2) is 53.4 Å². The largest absolute Gasteiger partial charge is 0.481 e. The zero-order valence-electron chi connectivity index (χ0n) is 14.4. The highest BCUT2D eigenvalue weighted by Crippen LogP contribution is 2.17. The van der Waals surface area contributed by atoms with Gasteiger partial charge in [-0.1, -0.05) is 24.3 Å². The highest BCUT2D eigenvalue weighted by atomic mass is 32.2. The van der Waals surface area contributed by atoms with Crippen LogP contribution in [0.25, 0.3) is 0 Å². The van der Waals surface area contributed by atoms with Gasteiger partial charge in [0.2, 0.25) is 10.0 Å². The Morgan fingerprint density at radius 2 is 1.76 bits per heavy atom. The third kappa shape index (κ3) is 5.30. The molecule has 2 aromatic carbocycles. The highest BCUT2D eigenvalue weighted by molar-refractivity contribution is 7.89. The summed E-state index contributed by atoms with van der Waals surface area (Å²) < 4.78 is 28.2. The Balaban J connectivity index is 1.99. The minimum atomic E-state index is -3.73. The highest BCUT2D eigenvalue weighted by Gasteiger charge is 2.18. The van der Waals surface area contributed by atoms with E-state index in [1.807, 2.05) is 32.0 Å². The van der Waals surface area contributed by atoms with Crippen molar-refractivity contribution < 1.29 is 17.9 Å². The maximum atomic E-state index is 12.3. The standard InChI is InChI=1S/C18H22N2O4S/c1-12-5-4-6-16(11-12)24-14(3)18(21)20-13(2)15-7-9-17(10-8-15)25(19,22)23/h4-11,13-14H,1-3H3,(H,20,21)(H2,19,22,23)/t13-,14+/m1/s1. The minimum Gasteiger partial charge on any atom is -0.481 e. The number of nitrogens with one attached hydrogen (secondary N) is 1. The lowest BCUT2D eigenvalue weighted by molar-refractivity contribution is -0.127. The molecule has 0 radical (unpaired) electrons. The maximum absolute atomic E-state index is 12.3. The van der Waals surface area contributed by atoms with E-state index in [0.717, 1.165) is 11.1 Å². The first-order valence-electron chi connectivity index (χ1n) is 7.83. The van der Waals surface area contributed by atoms with Crippen LogP contribution in [-0.2, 0) is 14.8 Å². The van der Waals surface area contributed by atoms with E-state index in [1.54, 1.807) is 25.1 Å². The predicted octanol–water partition coefficient (Wildman–Crippen LogP) is 2.29. The Morgan fingerprint density at radius 1 is 1.12 bits per heavy atom. The summed E-state index contributed by atoms with van der Waals surface area (Å²) in [5.74, 6) is 0.373. The molecular weight excluding hydrogens is 340 g/mol. The monoisotopic (exact) mass is 362 g/mol. The van der Waals surface area contributed by atoms with E-state index in [1.165, 1.54) is 12.1 Å². The quantitative estimate of drug-likeness (QED) is 0.823. The second kappa shape index (κ2) is 7.67. The number of benzene rings is 2. The van der Waals surface area contributed by atoms with Crippen molar-refractivity contribution in [3.05, 3.63) is 59.7 Å². The molecule has 7 heteroatoms. The fraction of sp³-hybridized carbons (Fsp3) is 0.278. The second-order valence-corrected chi connectivity index (χ2v) is 7.48. The average Bonchev–Trinajstić information content (AvgIpc) is 2.54. The summed E-state index contributed by atoms with van der Waals surface area (Å²) >= 11 is 0. The summed E-state index contributed by atoms with van der Waals surface area (Å²) in [4.78, 5) is 12.3. The summed E-state index contributed by atoms with van der Waals surface area (Å²) in [7, 11) is -3.73. The van der Waals surface area contributed by atoms with E-state index < -0.39 is 16.1 Å². The summed E-state index contributed by atoms with van der Waals surface area (Å²) in [5, 5.41) is 7.92. The van der Waals surface area contributed by atoms with E-state index in [-0.39, 0.29) is 16.8 Å². The SMILES string of the molecule is Cc1cccc(O[C@@H](C)C(=O)N[C@H](C)c2ccc(S(N)(=O)=O)cc2)c1. The molecule has 1 amide bonds. The van der Waals surface area contributed by atoms with Gasteiger partial charge in [-0.05, 0) is 56.2 Å². The molecule has 3 N–H and O–H groups in total. The number of primary sulfonamides is 1. The van der Waals surface area contributed by atoms with Crippen molar-refractivity contribution >= 4 is 15.9 Å². The summed E-state index contributed by atoms with van der Waals surface area (Å²) in [5.41, 5.74) is 1.82. The van der Waals surface area contributed by atoms with Crippen molar-refractivity contribution in [2.45, 2.75) is 37.8 Å². The van der Waals surface area contributed by atoms with Crippen LogP contribution in [-0.4, -0.2) is 20.4 Å². The topological polar surface area (TPSA) is 98.5 Å². The molecular formula is C18H22N2O4S. The van der Waals surface area contributed by atoms with Gasteiger partial charge in [-0.3, -0.25) is 4.79 Å². The summed E-state index contributed by atoms with van der Waals surface area (Å²) in [6, 6.07) is 13.2. The van der Waals surface area contributed by atoms with Gasteiger partial charge in [0.1, 0.15) is 5.75 Å². The molecule has 0 heterocycles. The number of aryl methyl sites for hydroxylation is 1. The van der Waals surface area contributed by atoms with Gasteiger partial charge in [0.25, 0.3) is 5.91 Å². The number of rotatable bonds is 6. The van der Waals surface area contributed by atoms with E-state index >= 15 is 0 Å². The number of hydrogen-bond acceptors (Lipinski definition) is 4. The first-order valence-corrected chi connectivity index (χ1v) is 9.38. The van der Waals surface area contributed by atoms with E-state index in [2.05, 4.69) is 5.32 Å². The van der Waals surface area contributed by atoms with Crippen molar-refractivity contribution in [3.8, 4) is 5.75 Å². The lowest BCUT2D eigenvalue weighted by atomic mass is 10.1. The zero-order valence-corrected chi connectivity index (χ0v) is 15.2. The van der Waals surface area contributed by atoms with Gasteiger partial charge in [0.05, 0.1) is 10.9 Å². The molecule has 2 rings (SSSR count). The molecule has 0 spiro atoms. The number of ether oxygens (including phenoxy) is 1. The average molecular weight is 362 g/mol. The molecule has 0 aliphatic rings. The number of carbonyl (C=O) groups is 1. The van der Waals surface area contributed by atoms with Crippen molar-refractivity contribution in [2.24, 2.45) is 5.14 Å². The Morgan fingerprint density at radius 3 is 2.32 bits per heavy atom. The van der Waals surface area contributed by atoms with Crippen LogP contribution in [0.4, 0.5) is 0 Å². The first-order chi connectivity index (χ1) is 11.7. The molecule has 25 heavy (non-hydrogen) atoms. The number of nitrogens with two attached hydrogens (primary N) is 1. The van der Waals surface area contributed by atoms with Crippen LogP contribution in [0.1, 0.15) is 31.0 Å². The Labute approximate surface area is 148 Å². The van der Waals surface area contributed by atoms with Crippen molar-refractivity contribution in [2.75, 3.05) is 0 Å². The van der Waals surface area contributed by atoms with Gasteiger partial charge in [-0.2, -0.15) is 0 Å². The fourth-order valence-corrected chi connectivity index (χ4v) is 2.82. The van der Waals surface area contributed by atoms with Gasteiger partial charge in [0, 0.05) is 0 Å². The normalized spacial score (nSPS) is 13.8. The molecule has 134 valence electrons. The molecule has 2 aromatic rings. The number of hydrogen-bond donors (Lipinski definition) is 2. The minimum absolute atomic E-state index is 0.0333. The number of sulfonamides is 1. The fourth-order valence-electron chi connectivity index (χ4n) is 2.31. The number of carbonyl (C=O) groups excluding carboxylic acids is 1. The predicted molar refractivity (Wildman–Crippen MR) is 95.6 cm³/mol. The van der Waals surface area contributed by atoms with Crippen LogP contribution in [0.3, 0.4) is 0 Å². The molecule has 0 aliphatic heterocycles. The van der Waals surface area contributed by atoms with Gasteiger partial charge in [-0.25, -0.2) is 13.6 Å². The maximum Gasteiger partial charge on any atom is 0.261 e. The molecule has 2 atom stereocenters. The summed E-state index contributed by atoms with van der Waals surface area (Å²) in [6.45, 7) is 5.43. The third-order valence-corrected chi connectivity index (χ3v) is 4.67. The lowest BCUT2D eigenvalue weighted by Gasteiger charge is -2.19. The van der Waals surface area contributed by atoms with Crippen LogP contribution >= 0.6 is 0 Å². The van der Waals surface area contributed by atoms with Crippen LogP contribution in [0, 0.1) is 6.92 Å². The molecule has 0 aromatic heterocycles. The molecule has 0 saturated heterocycles. The van der Waals surface area contributed by atoms with Crippen LogP contribution in [0.2, 0.25) is 0 Å². The van der Waals surface area contributed by atoms with Gasteiger partial charge < -0.3 is 10.1 Å². The Kier molecular flexibility index (Phi) is 5.81.